The Hall–Kier alpha value is -4.18. The molecule has 0 aliphatic rings. The highest BCUT2D eigenvalue weighted by Crippen LogP contribution is 2.23. The van der Waals surface area contributed by atoms with Crippen molar-refractivity contribution in [2.24, 2.45) is 0 Å². The molecular formula is C20H15ClN4O6. The molecule has 3 aromatic rings. The summed E-state index contributed by atoms with van der Waals surface area (Å²) in [5.74, 6) is -2.32. The second kappa shape index (κ2) is 9.09. The quantitative estimate of drug-likeness (QED) is 0.330. The van der Waals surface area contributed by atoms with Crippen LogP contribution in [-0.2, 0) is 9.53 Å². The Morgan fingerprint density at radius 2 is 1.74 bits per heavy atom. The van der Waals surface area contributed by atoms with E-state index in [0.29, 0.717) is 5.56 Å². The first-order valence-electron chi connectivity index (χ1n) is 8.74. The summed E-state index contributed by atoms with van der Waals surface area (Å²) in [6, 6.07) is 12.7. The van der Waals surface area contributed by atoms with Gasteiger partial charge in [-0.1, -0.05) is 41.9 Å². The Kier molecular flexibility index (Phi) is 6.32. The minimum Gasteiger partial charge on any atom is -0.451 e. The number of carbonyl (C=O) groups excluding carboxylic acids is 3. The second-order valence-electron chi connectivity index (χ2n) is 6.21. The van der Waals surface area contributed by atoms with Crippen LogP contribution in [0.2, 0.25) is 5.02 Å². The van der Waals surface area contributed by atoms with Crippen LogP contribution in [0.4, 0.5) is 11.4 Å². The lowest BCUT2D eigenvalue weighted by Gasteiger charge is -2.12. The molecule has 1 heterocycles. The van der Waals surface area contributed by atoms with Gasteiger partial charge in [-0.15, -0.1) is 0 Å². The Morgan fingerprint density at radius 1 is 1.03 bits per heavy atom. The third-order valence-electron chi connectivity index (χ3n) is 4.05. The van der Waals surface area contributed by atoms with E-state index >= 15 is 0 Å². The molecule has 158 valence electrons. The number of nitrogens with two attached hydrogens (primary N) is 1. The normalized spacial score (nSPS) is 10.4. The first kappa shape index (κ1) is 21.5. The summed E-state index contributed by atoms with van der Waals surface area (Å²) in [6.07, 6.45) is 0. The van der Waals surface area contributed by atoms with Gasteiger partial charge in [-0.25, -0.2) is 9.59 Å². The molecule has 0 atom stereocenters. The number of hydrogen-bond acceptors (Lipinski definition) is 7. The number of aromatic nitrogens is 2. The zero-order valence-corrected chi connectivity index (χ0v) is 16.5. The van der Waals surface area contributed by atoms with E-state index in [-0.39, 0.29) is 22.1 Å². The molecule has 10 nitrogen and oxygen atoms in total. The molecule has 11 heteroatoms. The summed E-state index contributed by atoms with van der Waals surface area (Å²) in [5, 5.41) is 2.76. The Bertz CT molecular complexity index is 1280. The lowest BCUT2D eigenvalue weighted by molar-refractivity contribution is -0.119. The Labute approximate surface area is 179 Å². The lowest BCUT2D eigenvalue weighted by Crippen LogP contribution is -2.30. The predicted octanol–water partition coefficient (Wildman–Crippen LogP) is 1.33. The van der Waals surface area contributed by atoms with E-state index in [1.807, 2.05) is 9.97 Å². The number of ketones is 1. The molecular weight excluding hydrogens is 428 g/mol. The van der Waals surface area contributed by atoms with E-state index in [9.17, 15) is 24.0 Å². The molecule has 0 aliphatic heterocycles. The molecule has 0 bridgehead atoms. The molecule has 2 aromatic carbocycles. The van der Waals surface area contributed by atoms with E-state index in [0.717, 1.165) is 0 Å². The number of halogens is 1. The fraction of sp³-hybridized carbons (Fsp3) is 0.0500. The number of carbonyl (C=O) groups is 3. The van der Waals surface area contributed by atoms with Gasteiger partial charge in [0.25, 0.3) is 11.5 Å². The SMILES string of the molecule is Nc1c(C(=O)OCC(=O)Nc2ccc(Cl)cc2C(=O)c2ccccc2)[nH]c(=O)[nH]c1=O. The number of nitrogen functional groups attached to an aromatic ring is 1. The summed E-state index contributed by atoms with van der Waals surface area (Å²) in [4.78, 5) is 63.7. The molecule has 0 spiro atoms. The van der Waals surface area contributed by atoms with E-state index in [1.165, 1.54) is 18.2 Å². The fourth-order valence-corrected chi connectivity index (χ4v) is 2.78. The van der Waals surface area contributed by atoms with E-state index < -0.39 is 41.1 Å². The average molecular weight is 443 g/mol. The summed E-state index contributed by atoms with van der Waals surface area (Å²) in [5.41, 5.74) is 3.07. The molecule has 0 unspecified atom stereocenters. The smallest absolute Gasteiger partial charge is 0.357 e. The van der Waals surface area contributed by atoms with Gasteiger partial charge in [-0.3, -0.25) is 24.4 Å². The van der Waals surface area contributed by atoms with E-state index in [1.54, 1.807) is 30.3 Å². The number of rotatable bonds is 6. The van der Waals surface area contributed by atoms with Gasteiger partial charge in [-0.2, -0.15) is 0 Å². The number of nitrogens with one attached hydrogen (secondary N) is 3. The van der Waals surface area contributed by atoms with Crippen molar-refractivity contribution in [2.45, 2.75) is 0 Å². The largest absolute Gasteiger partial charge is 0.451 e. The van der Waals surface area contributed by atoms with Crippen molar-refractivity contribution < 1.29 is 19.1 Å². The molecule has 1 aromatic heterocycles. The molecule has 3 rings (SSSR count). The third-order valence-corrected chi connectivity index (χ3v) is 4.29. The van der Waals surface area contributed by atoms with Crippen molar-refractivity contribution in [3.05, 3.63) is 91.2 Å². The number of benzene rings is 2. The maximum atomic E-state index is 12.8. The number of anilines is 2. The standard InChI is InChI=1S/C20H15ClN4O6/c21-11-6-7-13(12(8-11)17(27)10-4-2-1-3-5-10)23-14(26)9-31-19(29)16-15(22)18(28)25-20(30)24-16/h1-8H,9,22H2,(H,23,26)(H2,24,25,28,30). The van der Waals surface area contributed by atoms with Crippen molar-refractivity contribution >= 4 is 40.6 Å². The zero-order chi connectivity index (χ0) is 22.5. The van der Waals surface area contributed by atoms with Gasteiger partial charge in [0.1, 0.15) is 5.69 Å². The van der Waals surface area contributed by atoms with Crippen LogP contribution in [0.25, 0.3) is 0 Å². The molecule has 5 N–H and O–H groups in total. The van der Waals surface area contributed by atoms with Crippen molar-refractivity contribution in [3.8, 4) is 0 Å². The molecule has 1 amide bonds. The van der Waals surface area contributed by atoms with Crippen molar-refractivity contribution in [1.29, 1.82) is 0 Å². The molecule has 0 aliphatic carbocycles. The van der Waals surface area contributed by atoms with Gasteiger partial charge in [0.05, 0.1) is 5.69 Å². The van der Waals surface area contributed by atoms with Crippen LogP contribution in [-0.4, -0.2) is 34.2 Å². The zero-order valence-electron chi connectivity index (χ0n) is 15.7. The highest BCUT2D eigenvalue weighted by atomic mass is 35.5. The Morgan fingerprint density at radius 3 is 2.45 bits per heavy atom. The average Bonchev–Trinajstić information content (AvgIpc) is 2.76. The summed E-state index contributed by atoms with van der Waals surface area (Å²) in [7, 11) is 0. The first-order valence-corrected chi connectivity index (χ1v) is 9.12. The fourth-order valence-electron chi connectivity index (χ4n) is 2.60. The molecule has 0 radical (unpaired) electrons. The van der Waals surface area contributed by atoms with Gasteiger partial charge in [0, 0.05) is 16.1 Å². The number of aromatic amines is 2. The van der Waals surface area contributed by atoms with Crippen LogP contribution >= 0.6 is 11.6 Å². The van der Waals surface area contributed by atoms with Gasteiger partial charge >= 0.3 is 11.7 Å². The summed E-state index contributed by atoms with van der Waals surface area (Å²) >= 11 is 5.99. The Balaban J connectivity index is 1.74. The van der Waals surface area contributed by atoms with Crippen molar-refractivity contribution in [3.63, 3.8) is 0 Å². The topological polar surface area (TPSA) is 164 Å². The highest BCUT2D eigenvalue weighted by molar-refractivity contribution is 6.31. The monoisotopic (exact) mass is 442 g/mol. The summed E-state index contributed by atoms with van der Waals surface area (Å²) < 4.78 is 4.80. The third kappa shape index (κ3) is 5.06. The van der Waals surface area contributed by atoms with Gasteiger partial charge in [-0.05, 0) is 18.2 Å². The minimum absolute atomic E-state index is 0.140. The first-order chi connectivity index (χ1) is 14.8. The van der Waals surface area contributed by atoms with Crippen LogP contribution in [0.5, 0.6) is 0 Å². The molecule has 31 heavy (non-hydrogen) atoms. The molecule has 0 saturated heterocycles. The number of amides is 1. The number of H-pyrrole nitrogens is 2. The van der Waals surface area contributed by atoms with Gasteiger partial charge in [0.15, 0.2) is 18.1 Å². The minimum atomic E-state index is -1.17. The molecule has 0 fully saturated rings. The van der Waals surface area contributed by atoms with Gasteiger partial charge < -0.3 is 15.8 Å². The van der Waals surface area contributed by atoms with Crippen LogP contribution < -0.4 is 22.3 Å². The molecule has 0 saturated carbocycles. The highest BCUT2D eigenvalue weighted by Gasteiger charge is 2.19. The van der Waals surface area contributed by atoms with Gasteiger partial charge in [0.2, 0.25) is 0 Å². The van der Waals surface area contributed by atoms with E-state index in [2.05, 4.69) is 5.32 Å². The number of ether oxygens (including phenoxy) is 1. The predicted molar refractivity (Wildman–Crippen MR) is 112 cm³/mol. The van der Waals surface area contributed by atoms with Crippen LogP contribution in [0.3, 0.4) is 0 Å². The van der Waals surface area contributed by atoms with Crippen LogP contribution in [0.1, 0.15) is 26.4 Å². The second-order valence-corrected chi connectivity index (χ2v) is 6.64. The summed E-state index contributed by atoms with van der Waals surface area (Å²) in [6.45, 7) is -0.769. The van der Waals surface area contributed by atoms with Crippen molar-refractivity contribution in [2.75, 3.05) is 17.7 Å². The lowest BCUT2D eigenvalue weighted by atomic mass is 10.0. The number of hydrogen-bond donors (Lipinski definition) is 4. The maximum Gasteiger partial charge on any atom is 0.357 e. The van der Waals surface area contributed by atoms with Crippen LogP contribution in [0, 0.1) is 0 Å². The van der Waals surface area contributed by atoms with Crippen LogP contribution in [0.15, 0.2) is 58.1 Å². The van der Waals surface area contributed by atoms with E-state index in [4.69, 9.17) is 22.1 Å². The van der Waals surface area contributed by atoms with Crippen molar-refractivity contribution in [1.82, 2.24) is 9.97 Å². The number of esters is 1. The maximum absolute atomic E-state index is 12.8.